The molecule has 0 radical (unpaired) electrons. The molecule has 86 valence electrons. The molecule has 0 amide bonds. The Morgan fingerprint density at radius 1 is 1.18 bits per heavy atom. The van der Waals surface area contributed by atoms with Gasteiger partial charge in [-0.25, -0.2) is 4.98 Å². The first kappa shape index (κ1) is 11.1. The standard InChI is InChI=1S/C13H11NO3/c1-16-11-6-4-5-10(9-15)13(11)17-12-7-2-3-8-14-12/h2-9H,1H3. The van der Waals surface area contributed by atoms with E-state index >= 15 is 0 Å². The fourth-order valence-electron chi connectivity index (χ4n) is 1.41. The minimum absolute atomic E-state index is 0.378. The SMILES string of the molecule is COc1cccc(C=O)c1Oc1ccccn1. The van der Waals surface area contributed by atoms with E-state index in [0.29, 0.717) is 22.9 Å². The van der Waals surface area contributed by atoms with E-state index in [1.165, 1.54) is 7.11 Å². The first-order chi connectivity index (χ1) is 8.35. The van der Waals surface area contributed by atoms with E-state index in [9.17, 15) is 4.79 Å². The van der Waals surface area contributed by atoms with Gasteiger partial charge in [0.25, 0.3) is 0 Å². The number of pyridine rings is 1. The van der Waals surface area contributed by atoms with Crippen molar-refractivity contribution in [2.75, 3.05) is 7.11 Å². The van der Waals surface area contributed by atoms with Gasteiger partial charge in [0.1, 0.15) is 0 Å². The molecule has 0 N–H and O–H groups in total. The van der Waals surface area contributed by atoms with Gasteiger partial charge >= 0.3 is 0 Å². The van der Waals surface area contributed by atoms with E-state index in [0.717, 1.165) is 6.29 Å². The molecule has 17 heavy (non-hydrogen) atoms. The Morgan fingerprint density at radius 3 is 2.71 bits per heavy atom. The van der Waals surface area contributed by atoms with Crippen molar-refractivity contribution >= 4 is 6.29 Å². The molecule has 1 heterocycles. The molecular formula is C13H11NO3. The number of rotatable bonds is 4. The van der Waals surface area contributed by atoms with Crippen molar-refractivity contribution in [3.05, 3.63) is 48.2 Å². The van der Waals surface area contributed by atoms with Crippen LogP contribution in [0.5, 0.6) is 17.4 Å². The maximum absolute atomic E-state index is 10.9. The van der Waals surface area contributed by atoms with E-state index in [-0.39, 0.29) is 0 Å². The van der Waals surface area contributed by atoms with Gasteiger partial charge in [-0.2, -0.15) is 0 Å². The van der Waals surface area contributed by atoms with Crippen LogP contribution in [0.25, 0.3) is 0 Å². The molecule has 0 saturated carbocycles. The van der Waals surface area contributed by atoms with Crippen LogP contribution < -0.4 is 9.47 Å². The average molecular weight is 229 g/mol. The summed E-state index contributed by atoms with van der Waals surface area (Å²) in [6.45, 7) is 0. The van der Waals surface area contributed by atoms with Gasteiger partial charge < -0.3 is 9.47 Å². The Morgan fingerprint density at radius 2 is 2.06 bits per heavy atom. The number of benzene rings is 1. The summed E-state index contributed by atoms with van der Waals surface area (Å²) in [7, 11) is 1.52. The Labute approximate surface area is 98.8 Å². The number of carbonyl (C=O) groups excluding carboxylic acids is 1. The summed E-state index contributed by atoms with van der Waals surface area (Å²) in [6.07, 6.45) is 2.34. The Bertz CT molecular complexity index is 511. The number of carbonyl (C=O) groups is 1. The average Bonchev–Trinajstić information content (AvgIpc) is 2.40. The highest BCUT2D eigenvalue weighted by Gasteiger charge is 2.11. The first-order valence-corrected chi connectivity index (χ1v) is 5.06. The van der Waals surface area contributed by atoms with Crippen LogP contribution in [0.3, 0.4) is 0 Å². The first-order valence-electron chi connectivity index (χ1n) is 5.06. The molecule has 1 aromatic heterocycles. The van der Waals surface area contributed by atoms with Crippen molar-refractivity contribution < 1.29 is 14.3 Å². The van der Waals surface area contributed by atoms with Crippen LogP contribution >= 0.6 is 0 Å². The molecule has 0 fully saturated rings. The van der Waals surface area contributed by atoms with E-state index in [4.69, 9.17) is 9.47 Å². The van der Waals surface area contributed by atoms with Crippen LogP contribution in [0, 0.1) is 0 Å². The lowest BCUT2D eigenvalue weighted by atomic mass is 10.2. The molecule has 0 aliphatic rings. The van der Waals surface area contributed by atoms with Gasteiger partial charge in [0.05, 0.1) is 12.7 Å². The number of ether oxygens (including phenoxy) is 2. The van der Waals surface area contributed by atoms with Gasteiger partial charge in [0.2, 0.25) is 5.88 Å². The maximum atomic E-state index is 10.9. The molecule has 4 nitrogen and oxygen atoms in total. The molecule has 0 unspecified atom stereocenters. The van der Waals surface area contributed by atoms with Crippen molar-refractivity contribution in [1.29, 1.82) is 0 Å². The third-order valence-electron chi connectivity index (χ3n) is 2.20. The summed E-state index contributed by atoms with van der Waals surface area (Å²) in [5.41, 5.74) is 0.426. The highest BCUT2D eigenvalue weighted by molar-refractivity contribution is 5.81. The summed E-state index contributed by atoms with van der Waals surface area (Å²) < 4.78 is 10.7. The maximum Gasteiger partial charge on any atom is 0.219 e. The molecule has 0 bridgehead atoms. The number of hydrogen-bond acceptors (Lipinski definition) is 4. The second-order valence-electron chi connectivity index (χ2n) is 3.27. The van der Waals surface area contributed by atoms with Crippen LogP contribution in [0.2, 0.25) is 0 Å². The predicted molar refractivity (Wildman–Crippen MR) is 62.7 cm³/mol. The summed E-state index contributed by atoms with van der Waals surface area (Å²) in [5, 5.41) is 0. The van der Waals surface area contributed by atoms with Crippen molar-refractivity contribution in [3.63, 3.8) is 0 Å². The molecule has 1 aromatic carbocycles. The van der Waals surface area contributed by atoms with E-state index < -0.39 is 0 Å². The molecule has 0 aliphatic heterocycles. The van der Waals surface area contributed by atoms with Crippen molar-refractivity contribution in [3.8, 4) is 17.4 Å². The van der Waals surface area contributed by atoms with E-state index in [1.54, 1.807) is 42.6 Å². The Hall–Kier alpha value is -2.36. The number of aromatic nitrogens is 1. The van der Waals surface area contributed by atoms with Gasteiger partial charge in [-0.15, -0.1) is 0 Å². The third-order valence-corrected chi connectivity index (χ3v) is 2.20. The van der Waals surface area contributed by atoms with E-state index in [2.05, 4.69) is 4.98 Å². The second-order valence-corrected chi connectivity index (χ2v) is 3.27. The monoisotopic (exact) mass is 229 g/mol. The Kier molecular flexibility index (Phi) is 3.35. The lowest BCUT2D eigenvalue weighted by molar-refractivity contribution is 0.112. The number of hydrogen-bond donors (Lipinski definition) is 0. The van der Waals surface area contributed by atoms with Crippen molar-refractivity contribution in [2.24, 2.45) is 0 Å². The van der Waals surface area contributed by atoms with Crippen molar-refractivity contribution in [2.45, 2.75) is 0 Å². The molecule has 0 atom stereocenters. The second kappa shape index (κ2) is 5.12. The van der Waals surface area contributed by atoms with E-state index in [1.807, 2.05) is 0 Å². The highest BCUT2D eigenvalue weighted by Crippen LogP contribution is 2.33. The third kappa shape index (κ3) is 2.42. The van der Waals surface area contributed by atoms with Gasteiger partial charge in [0, 0.05) is 12.3 Å². The highest BCUT2D eigenvalue weighted by atomic mass is 16.5. The van der Waals surface area contributed by atoms with Crippen LogP contribution in [-0.4, -0.2) is 18.4 Å². The lowest BCUT2D eigenvalue weighted by Gasteiger charge is -2.10. The minimum Gasteiger partial charge on any atom is -0.493 e. The van der Waals surface area contributed by atoms with Gasteiger partial charge in [-0.1, -0.05) is 12.1 Å². The zero-order valence-corrected chi connectivity index (χ0v) is 9.29. The normalized spacial score (nSPS) is 9.71. The molecule has 0 saturated heterocycles. The summed E-state index contributed by atoms with van der Waals surface area (Å²) >= 11 is 0. The topological polar surface area (TPSA) is 48.4 Å². The number of para-hydroxylation sites is 1. The summed E-state index contributed by atoms with van der Waals surface area (Å²) in [4.78, 5) is 15.0. The Balaban J connectivity index is 2.40. The van der Waals surface area contributed by atoms with Crippen LogP contribution in [0.15, 0.2) is 42.6 Å². The molecule has 2 rings (SSSR count). The number of nitrogens with zero attached hydrogens (tertiary/aromatic N) is 1. The number of methoxy groups -OCH3 is 1. The van der Waals surface area contributed by atoms with Crippen LogP contribution in [0.4, 0.5) is 0 Å². The number of aldehydes is 1. The zero-order valence-electron chi connectivity index (χ0n) is 9.29. The summed E-state index contributed by atoms with van der Waals surface area (Å²) in [5.74, 6) is 1.30. The van der Waals surface area contributed by atoms with Crippen LogP contribution in [-0.2, 0) is 0 Å². The van der Waals surface area contributed by atoms with Gasteiger partial charge in [0.15, 0.2) is 17.8 Å². The molecule has 0 aliphatic carbocycles. The van der Waals surface area contributed by atoms with Gasteiger partial charge in [-0.05, 0) is 18.2 Å². The molecular weight excluding hydrogens is 218 g/mol. The quantitative estimate of drug-likeness (QED) is 0.756. The smallest absolute Gasteiger partial charge is 0.219 e. The summed E-state index contributed by atoms with van der Waals surface area (Å²) in [6, 6.07) is 10.4. The van der Waals surface area contributed by atoms with Gasteiger partial charge in [-0.3, -0.25) is 4.79 Å². The zero-order chi connectivity index (χ0) is 12.1. The lowest BCUT2D eigenvalue weighted by Crippen LogP contribution is -1.95. The largest absolute Gasteiger partial charge is 0.493 e. The molecule has 0 spiro atoms. The minimum atomic E-state index is 0.378. The fourth-order valence-corrected chi connectivity index (χ4v) is 1.41. The molecule has 2 aromatic rings. The molecule has 4 heteroatoms. The van der Waals surface area contributed by atoms with Crippen LogP contribution in [0.1, 0.15) is 10.4 Å². The van der Waals surface area contributed by atoms with Crippen molar-refractivity contribution in [1.82, 2.24) is 4.98 Å². The fraction of sp³-hybridized carbons (Fsp3) is 0.0769. The predicted octanol–water partition coefficient (Wildman–Crippen LogP) is 2.70.